The largest absolute Gasteiger partial charge is 0.473 e. The van der Waals surface area contributed by atoms with Gasteiger partial charge in [0.2, 0.25) is 0 Å². The molecule has 0 aromatic carbocycles. The second kappa shape index (κ2) is 3.34. The molecule has 0 aliphatic rings. The smallest absolute Gasteiger partial charge is 0.372 e. The lowest BCUT2D eigenvalue weighted by Crippen LogP contribution is -1.83. The SMILES string of the molecule is O=C(O)Sc1nc(Cl)c(Cl)[nH]1. The number of imidazole rings is 1. The molecule has 0 saturated heterocycles. The average Bonchev–Trinajstić information content (AvgIpc) is 2.10. The van der Waals surface area contributed by atoms with Gasteiger partial charge in [-0.05, 0) is 0 Å². The van der Waals surface area contributed by atoms with Gasteiger partial charge in [0, 0.05) is 11.8 Å². The zero-order valence-electron chi connectivity index (χ0n) is 4.97. The van der Waals surface area contributed by atoms with Crippen molar-refractivity contribution in [3.8, 4) is 0 Å². The van der Waals surface area contributed by atoms with Crippen molar-refractivity contribution in [1.29, 1.82) is 0 Å². The number of carboxylic acid groups (broad SMARTS) is 1. The molecule has 0 aliphatic heterocycles. The van der Waals surface area contributed by atoms with Gasteiger partial charge in [-0.15, -0.1) is 0 Å². The van der Waals surface area contributed by atoms with E-state index in [1.807, 2.05) is 0 Å². The topological polar surface area (TPSA) is 66.0 Å². The average molecular weight is 213 g/mol. The van der Waals surface area contributed by atoms with Crippen LogP contribution in [0.1, 0.15) is 0 Å². The molecule has 1 aromatic rings. The van der Waals surface area contributed by atoms with Crippen molar-refractivity contribution in [2.75, 3.05) is 0 Å². The molecule has 2 N–H and O–H groups in total. The fourth-order valence-electron chi connectivity index (χ4n) is 0.443. The van der Waals surface area contributed by atoms with Gasteiger partial charge >= 0.3 is 5.30 Å². The summed E-state index contributed by atoms with van der Waals surface area (Å²) in [5.41, 5.74) is 0. The molecule has 0 saturated carbocycles. The first kappa shape index (κ1) is 8.70. The summed E-state index contributed by atoms with van der Waals surface area (Å²) >= 11 is 11.4. The monoisotopic (exact) mass is 212 g/mol. The molecule has 7 heteroatoms. The minimum atomic E-state index is -1.06. The molecule has 60 valence electrons. The molecular formula is C4H2Cl2N2O2S. The number of nitrogens with zero attached hydrogens (tertiary/aromatic N) is 1. The Labute approximate surface area is 75.9 Å². The number of aromatic amines is 1. The molecule has 0 amide bonds. The van der Waals surface area contributed by atoms with E-state index < -0.39 is 5.30 Å². The van der Waals surface area contributed by atoms with Crippen LogP contribution in [0.15, 0.2) is 5.16 Å². The third-order valence-electron chi connectivity index (χ3n) is 0.781. The number of halogens is 2. The fraction of sp³-hybridized carbons (Fsp3) is 0. The third-order valence-corrected chi connectivity index (χ3v) is 1.99. The first-order chi connectivity index (χ1) is 5.09. The van der Waals surface area contributed by atoms with Gasteiger partial charge in [0.15, 0.2) is 10.3 Å². The summed E-state index contributed by atoms with van der Waals surface area (Å²) in [4.78, 5) is 16.2. The van der Waals surface area contributed by atoms with Crippen LogP contribution < -0.4 is 0 Å². The second-order valence-corrected chi connectivity index (χ2v) is 3.19. The maximum absolute atomic E-state index is 10.1. The van der Waals surface area contributed by atoms with Crippen LogP contribution >= 0.6 is 35.0 Å². The molecule has 11 heavy (non-hydrogen) atoms. The highest BCUT2D eigenvalue weighted by atomic mass is 35.5. The first-order valence-corrected chi connectivity index (χ1v) is 3.98. The lowest BCUT2D eigenvalue weighted by Gasteiger charge is -1.84. The predicted octanol–water partition coefficient (Wildman–Crippen LogP) is 2.49. The number of rotatable bonds is 1. The Balaban J connectivity index is 2.81. The number of thioether (sulfide) groups is 1. The van der Waals surface area contributed by atoms with Crippen molar-refractivity contribution in [2.24, 2.45) is 0 Å². The third kappa shape index (κ3) is 2.28. The molecule has 4 nitrogen and oxygen atoms in total. The van der Waals surface area contributed by atoms with E-state index in [1.165, 1.54) is 0 Å². The van der Waals surface area contributed by atoms with Crippen molar-refractivity contribution in [3.63, 3.8) is 0 Å². The molecule has 0 spiro atoms. The van der Waals surface area contributed by atoms with E-state index >= 15 is 0 Å². The van der Waals surface area contributed by atoms with Crippen molar-refractivity contribution in [3.05, 3.63) is 10.3 Å². The summed E-state index contributed by atoms with van der Waals surface area (Å²) in [5.74, 6) is 0. The number of hydrogen-bond acceptors (Lipinski definition) is 3. The summed E-state index contributed by atoms with van der Waals surface area (Å²) in [6.07, 6.45) is 0. The van der Waals surface area contributed by atoms with Crippen LogP contribution in [0.4, 0.5) is 4.79 Å². The lowest BCUT2D eigenvalue weighted by atomic mass is 10.9. The molecule has 0 bridgehead atoms. The molecular weight excluding hydrogens is 211 g/mol. The van der Waals surface area contributed by atoms with Gasteiger partial charge in [-0.25, -0.2) is 9.78 Å². The Morgan fingerprint density at radius 1 is 1.64 bits per heavy atom. The highest BCUT2D eigenvalue weighted by Gasteiger charge is 2.09. The fourth-order valence-corrected chi connectivity index (χ4v) is 1.27. The van der Waals surface area contributed by atoms with Crippen molar-refractivity contribution in [2.45, 2.75) is 5.16 Å². The minimum Gasteiger partial charge on any atom is -0.473 e. The van der Waals surface area contributed by atoms with Crippen molar-refractivity contribution < 1.29 is 9.90 Å². The quantitative estimate of drug-likeness (QED) is 0.703. The van der Waals surface area contributed by atoms with Crippen LogP contribution in [0.3, 0.4) is 0 Å². The van der Waals surface area contributed by atoms with Gasteiger partial charge in [-0.2, -0.15) is 0 Å². The summed E-state index contributed by atoms with van der Waals surface area (Å²) in [5, 5.41) is 7.62. The Kier molecular flexibility index (Phi) is 2.64. The zero-order chi connectivity index (χ0) is 8.43. The summed E-state index contributed by atoms with van der Waals surface area (Å²) in [7, 11) is 0. The number of nitrogens with one attached hydrogen (secondary N) is 1. The molecule has 1 rings (SSSR count). The van der Waals surface area contributed by atoms with Crippen LogP contribution in [0.2, 0.25) is 10.3 Å². The van der Waals surface area contributed by atoms with Crippen LogP contribution in [0, 0.1) is 0 Å². The van der Waals surface area contributed by atoms with E-state index in [1.54, 1.807) is 0 Å². The number of H-pyrrole nitrogens is 1. The molecule has 1 aromatic heterocycles. The van der Waals surface area contributed by atoms with Crippen molar-refractivity contribution >= 4 is 40.3 Å². The van der Waals surface area contributed by atoms with Gasteiger partial charge in [0.25, 0.3) is 0 Å². The van der Waals surface area contributed by atoms with E-state index in [0.29, 0.717) is 11.8 Å². The Morgan fingerprint density at radius 2 is 2.27 bits per heavy atom. The van der Waals surface area contributed by atoms with E-state index in [4.69, 9.17) is 28.3 Å². The normalized spacial score (nSPS) is 10.0. The van der Waals surface area contributed by atoms with Gasteiger partial charge < -0.3 is 10.1 Å². The van der Waals surface area contributed by atoms with Crippen LogP contribution in [-0.2, 0) is 0 Å². The summed E-state index contributed by atoms with van der Waals surface area (Å²) < 4.78 is 0. The lowest BCUT2D eigenvalue weighted by molar-refractivity contribution is 0.222. The van der Waals surface area contributed by atoms with Gasteiger partial charge in [0.1, 0.15) is 5.15 Å². The Bertz CT molecular complexity index is 268. The van der Waals surface area contributed by atoms with Crippen LogP contribution in [0.25, 0.3) is 0 Å². The molecule has 0 atom stereocenters. The predicted molar refractivity (Wildman–Crippen MR) is 42.5 cm³/mol. The highest BCUT2D eigenvalue weighted by molar-refractivity contribution is 8.13. The molecule has 0 radical (unpaired) electrons. The number of hydrogen-bond donors (Lipinski definition) is 2. The Morgan fingerprint density at radius 3 is 2.64 bits per heavy atom. The van der Waals surface area contributed by atoms with E-state index in [2.05, 4.69) is 9.97 Å². The highest BCUT2D eigenvalue weighted by Crippen LogP contribution is 2.23. The maximum atomic E-state index is 10.1. The second-order valence-electron chi connectivity index (χ2n) is 1.51. The molecule has 0 fully saturated rings. The molecule has 1 heterocycles. The van der Waals surface area contributed by atoms with E-state index in [0.717, 1.165) is 0 Å². The number of aromatic nitrogens is 2. The van der Waals surface area contributed by atoms with Crippen LogP contribution in [-0.4, -0.2) is 20.4 Å². The standard InChI is InChI=1S/C4H2Cl2N2O2S/c5-1-2(6)8-3(7-1)11-4(9)10/h(H,7,8)(H,9,10). The summed E-state index contributed by atoms with van der Waals surface area (Å²) in [6.45, 7) is 0. The van der Waals surface area contributed by atoms with E-state index in [9.17, 15) is 4.79 Å². The number of carbonyl (C=O) groups is 1. The van der Waals surface area contributed by atoms with Gasteiger partial charge in [0.05, 0.1) is 0 Å². The van der Waals surface area contributed by atoms with Crippen LogP contribution in [0.5, 0.6) is 0 Å². The molecule has 0 aliphatic carbocycles. The first-order valence-electron chi connectivity index (χ1n) is 2.41. The van der Waals surface area contributed by atoms with Crippen molar-refractivity contribution in [1.82, 2.24) is 9.97 Å². The minimum absolute atomic E-state index is 0.0791. The van der Waals surface area contributed by atoms with Gasteiger partial charge in [-0.3, -0.25) is 0 Å². The van der Waals surface area contributed by atoms with Gasteiger partial charge in [-0.1, -0.05) is 23.2 Å². The molecule has 0 unspecified atom stereocenters. The zero-order valence-corrected chi connectivity index (χ0v) is 7.30. The Hall–Kier alpha value is -0.390. The summed E-state index contributed by atoms with van der Waals surface area (Å²) in [6, 6.07) is 0. The maximum Gasteiger partial charge on any atom is 0.372 e. The van der Waals surface area contributed by atoms with E-state index in [-0.39, 0.29) is 15.5 Å².